The highest BCUT2D eigenvalue weighted by Crippen LogP contribution is 2.16. The molecule has 2 aromatic heterocycles. The average molecular weight is 259 g/mol. The van der Waals surface area contributed by atoms with E-state index < -0.39 is 9.84 Å². The molecule has 2 aromatic rings. The standard InChI is InChI=1S/C10H11ClN2O2S/c1-16(14,15)7-6-13-5-4-8-9(13)2-3-10(11)12-8/h2-5H,6-7H2,1H3. The van der Waals surface area contributed by atoms with Crippen molar-refractivity contribution in [3.05, 3.63) is 29.5 Å². The minimum absolute atomic E-state index is 0.124. The lowest BCUT2D eigenvalue weighted by atomic mass is 10.4. The molecule has 0 atom stereocenters. The monoisotopic (exact) mass is 258 g/mol. The third kappa shape index (κ3) is 2.54. The average Bonchev–Trinajstić information content (AvgIpc) is 2.56. The third-order valence-electron chi connectivity index (χ3n) is 2.29. The molecule has 0 amide bonds. The van der Waals surface area contributed by atoms with Crippen molar-refractivity contribution in [1.29, 1.82) is 0 Å². The topological polar surface area (TPSA) is 52.0 Å². The van der Waals surface area contributed by atoms with Crippen LogP contribution < -0.4 is 0 Å². The number of pyridine rings is 1. The molecule has 0 radical (unpaired) electrons. The molecule has 4 nitrogen and oxygen atoms in total. The summed E-state index contributed by atoms with van der Waals surface area (Å²) in [5.74, 6) is 0.124. The van der Waals surface area contributed by atoms with E-state index in [1.54, 1.807) is 6.07 Å². The van der Waals surface area contributed by atoms with Crippen LogP contribution in [0.4, 0.5) is 0 Å². The Kier molecular flexibility index (Phi) is 2.90. The maximum absolute atomic E-state index is 11.1. The molecule has 0 aromatic carbocycles. The molecule has 0 saturated carbocycles. The number of hydrogen-bond donors (Lipinski definition) is 0. The van der Waals surface area contributed by atoms with Gasteiger partial charge in [0.05, 0.1) is 16.8 Å². The van der Waals surface area contributed by atoms with Crippen LogP contribution in [0.2, 0.25) is 5.15 Å². The Bertz CT molecular complexity index is 619. The highest BCUT2D eigenvalue weighted by molar-refractivity contribution is 7.90. The van der Waals surface area contributed by atoms with Gasteiger partial charge in [0.25, 0.3) is 0 Å². The fourth-order valence-electron chi connectivity index (χ4n) is 1.51. The summed E-state index contributed by atoms with van der Waals surface area (Å²) in [7, 11) is -2.94. The van der Waals surface area contributed by atoms with E-state index in [1.165, 1.54) is 6.26 Å². The first kappa shape index (κ1) is 11.4. The second-order valence-corrected chi connectivity index (χ2v) is 6.32. The molecule has 0 fully saturated rings. The summed E-state index contributed by atoms with van der Waals surface area (Å²) in [6.45, 7) is 0.436. The van der Waals surface area contributed by atoms with Gasteiger partial charge in [0.2, 0.25) is 0 Å². The molecule has 16 heavy (non-hydrogen) atoms. The number of hydrogen-bond acceptors (Lipinski definition) is 3. The summed E-state index contributed by atoms with van der Waals surface area (Å²) < 4.78 is 24.0. The highest BCUT2D eigenvalue weighted by atomic mass is 35.5. The van der Waals surface area contributed by atoms with Gasteiger partial charge in [0.1, 0.15) is 15.0 Å². The van der Waals surface area contributed by atoms with Crippen LogP contribution >= 0.6 is 11.6 Å². The summed E-state index contributed by atoms with van der Waals surface area (Å²) in [6, 6.07) is 5.36. The van der Waals surface area contributed by atoms with Gasteiger partial charge in [-0.25, -0.2) is 13.4 Å². The Balaban J connectivity index is 2.32. The van der Waals surface area contributed by atoms with Gasteiger partial charge in [-0.1, -0.05) is 11.6 Å². The number of nitrogens with zero attached hydrogens (tertiary/aromatic N) is 2. The van der Waals surface area contributed by atoms with Crippen molar-refractivity contribution in [2.24, 2.45) is 0 Å². The van der Waals surface area contributed by atoms with E-state index in [2.05, 4.69) is 4.98 Å². The molecule has 0 N–H and O–H groups in total. The van der Waals surface area contributed by atoms with Crippen LogP contribution in [-0.2, 0) is 16.4 Å². The number of sulfone groups is 1. The maximum Gasteiger partial charge on any atom is 0.149 e. The Hall–Kier alpha value is -1.07. The second-order valence-electron chi connectivity index (χ2n) is 3.68. The van der Waals surface area contributed by atoms with Crippen molar-refractivity contribution < 1.29 is 8.42 Å². The molecule has 2 heterocycles. The Morgan fingerprint density at radius 2 is 2.12 bits per heavy atom. The molecule has 0 aliphatic rings. The van der Waals surface area contributed by atoms with E-state index in [0.29, 0.717) is 11.7 Å². The molecule has 6 heteroatoms. The zero-order valence-corrected chi connectivity index (χ0v) is 10.3. The first-order valence-electron chi connectivity index (χ1n) is 4.75. The fraction of sp³-hybridized carbons (Fsp3) is 0.300. The maximum atomic E-state index is 11.1. The Morgan fingerprint density at radius 1 is 1.38 bits per heavy atom. The smallest absolute Gasteiger partial charge is 0.149 e. The molecule has 0 aliphatic carbocycles. The SMILES string of the molecule is CS(=O)(=O)CCn1ccc2nc(Cl)ccc21. The first-order valence-corrected chi connectivity index (χ1v) is 7.19. The van der Waals surface area contributed by atoms with Crippen LogP contribution in [0, 0.1) is 0 Å². The molecule has 0 spiro atoms. The Morgan fingerprint density at radius 3 is 2.81 bits per heavy atom. The third-order valence-corrected chi connectivity index (χ3v) is 3.43. The van der Waals surface area contributed by atoms with E-state index in [9.17, 15) is 8.42 Å². The summed E-state index contributed by atoms with van der Waals surface area (Å²) in [4.78, 5) is 4.14. The van der Waals surface area contributed by atoms with Gasteiger partial charge in [-0.15, -0.1) is 0 Å². The number of aromatic nitrogens is 2. The van der Waals surface area contributed by atoms with Crippen LogP contribution in [-0.4, -0.2) is 30.0 Å². The number of rotatable bonds is 3. The quantitative estimate of drug-likeness (QED) is 0.788. The van der Waals surface area contributed by atoms with Crippen molar-refractivity contribution in [1.82, 2.24) is 9.55 Å². The molecule has 0 unspecified atom stereocenters. The van der Waals surface area contributed by atoms with Gasteiger partial charge in [0.15, 0.2) is 0 Å². The summed E-state index contributed by atoms with van der Waals surface area (Å²) in [5, 5.41) is 0.438. The minimum Gasteiger partial charge on any atom is -0.345 e. The van der Waals surface area contributed by atoms with Gasteiger partial charge in [-0.3, -0.25) is 0 Å². The number of aryl methyl sites for hydroxylation is 1. The van der Waals surface area contributed by atoms with Gasteiger partial charge in [-0.2, -0.15) is 0 Å². The molecular weight excluding hydrogens is 248 g/mol. The van der Waals surface area contributed by atoms with Crippen molar-refractivity contribution >= 4 is 32.5 Å². The van der Waals surface area contributed by atoms with Crippen LogP contribution in [0.1, 0.15) is 0 Å². The molecular formula is C10H11ClN2O2S. The predicted octanol–water partition coefficient (Wildman–Crippen LogP) is 1.73. The number of fused-ring (bicyclic) bond motifs is 1. The molecule has 86 valence electrons. The summed E-state index contributed by atoms with van der Waals surface area (Å²) >= 11 is 5.76. The van der Waals surface area contributed by atoms with Gasteiger partial charge >= 0.3 is 0 Å². The Labute approximate surface area is 98.8 Å². The summed E-state index contributed by atoms with van der Waals surface area (Å²) in [6.07, 6.45) is 3.05. The van der Waals surface area contributed by atoms with Crippen LogP contribution in [0.15, 0.2) is 24.4 Å². The molecule has 0 saturated heterocycles. The zero-order chi connectivity index (χ0) is 11.8. The minimum atomic E-state index is -2.94. The number of halogens is 1. The summed E-state index contributed by atoms with van der Waals surface area (Å²) in [5.41, 5.74) is 1.68. The lowest BCUT2D eigenvalue weighted by Crippen LogP contribution is -2.10. The van der Waals surface area contributed by atoms with E-state index >= 15 is 0 Å². The van der Waals surface area contributed by atoms with Gasteiger partial charge < -0.3 is 4.57 Å². The van der Waals surface area contributed by atoms with Crippen molar-refractivity contribution in [2.75, 3.05) is 12.0 Å². The van der Waals surface area contributed by atoms with Crippen molar-refractivity contribution in [3.8, 4) is 0 Å². The normalized spacial score (nSPS) is 12.1. The first-order chi connectivity index (χ1) is 7.46. The van der Waals surface area contributed by atoms with E-state index in [0.717, 1.165) is 11.0 Å². The predicted molar refractivity (Wildman–Crippen MR) is 64.5 cm³/mol. The molecule has 0 bridgehead atoms. The van der Waals surface area contributed by atoms with Crippen LogP contribution in [0.5, 0.6) is 0 Å². The van der Waals surface area contributed by atoms with Crippen LogP contribution in [0.3, 0.4) is 0 Å². The van der Waals surface area contributed by atoms with E-state index in [1.807, 2.05) is 22.9 Å². The molecule has 0 aliphatic heterocycles. The van der Waals surface area contributed by atoms with Gasteiger partial charge in [-0.05, 0) is 18.2 Å². The highest BCUT2D eigenvalue weighted by Gasteiger charge is 2.06. The lowest BCUT2D eigenvalue weighted by molar-refractivity contribution is 0.596. The van der Waals surface area contributed by atoms with Gasteiger partial charge in [0, 0.05) is 19.0 Å². The molecule has 2 rings (SSSR count). The van der Waals surface area contributed by atoms with Crippen molar-refractivity contribution in [3.63, 3.8) is 0 Å². The van der Waals surface area contributed by atoms with E-state index in [4.69, 9.17) is 11.6 Å². The fourth-order valence-corrected chi connectivity index (χ4v) is 2.19. The second kappa shape index (κ2) is 4.07. The van der Waals surface area contributed by atoms with Crippen molar-refractivity contribution in [2.45, 2.75) is 6.54 Å². The lowest BCUT2D eigenvalue weighted by Gasteiger charge is -2.03. The van der Waals surface area contributed by atoms with E-state index in [-0.39, 0.29) is 5.75 Å². The zero-order valence-electron chi connectivity index (χ0n) is 8.72. The largest absolute Gasteiger partial charge is 0.345 e. The van der Waals surface area contributed by atoms with Crippen LogP contribution in [0.25, 0.3) is 11.0 Å².